The van der Waals surface area contributed by atoms with Crippen molar-refractivity contribution in [1.82, 2.24) is 4.90 Å². The van der Waals surface area contributed by atoms with Crippen molar-refractivity contribution in [2.75, 3.05) is 13.1 Å². The average molecular weight is 258 g/mol. The van der Waals surface area contributed by atoms with Gasteiger partial charge >= 0.3 is 6.18 Å². The number of hydrogen-bond donors (Lipinski definition) is 1. The van der Waals surface area contributed by atoms with Crippen LogP contribution in [0.5, 0.6) is 0 Å². The lowest BCUT2D eigenvalue weighted by Gasteiger charge is -2.30. The van der Waals surface area contributed by atoms with E-state index in [0.717, 1.165) is 32.0 Å². The van der Waals surface area contributed by atoms with E-state index in [1.54, 1.807) is 6.07 Å². The summed E-state index contributed by atoms with van der Waals surface area (Å²) in [5.41, 5.74) is 5.97. The van der Waals surface area contributed by atoms with Crippen molar-refractivity contribution >= 4 is 0 Å². The first-order valence-electron chi connectivity index (χ1n) is 6.09. The molecule has 1 aliphatic rings. The predicted octanol–water partition coefficient (Wildman–Crippen LogP) is 2.63. The van der Waals surface area contributed by atoms with Crippen LogP contribution in [0.25, 0.3) is 0 Å². The summed E-state index contributed by atoms with van der Waals surface area (Å²) in [6.07, 6.45) is -2.26. The molecule has 0 bridgehead atoms. The Labute approximate surface area is 105 Å². The molecule has 18 heavy (non-hydrogen) atoms. The minimum Gasteiger partial charge on any atom is -0.327 e. The zero-order valence-corrected chi connectivity index (χ0v) is 10.1. The highest BCUT2D eigenvalue weighted by Crippen LogP contribution is 2.29. The molecule has 1 saturated heterocycles. The van der Waals surface area contributed by atoms with Gasteiger partial charge in [-0.1, -0.05) is 18.2 Å². The van der Waals surface area contributed by atoms with E-state index in [9.17, 15) is 13.2 Å². The molecule has 0 aliphatic carbocycles. The SMILES string of the molecule is N[C@H]1CCCN(Cc2cccc(C(F)(F)F)c2)C1. The number of rotatable bonds is 2. The van der Waals surface area contributed by atoms with Gasteiger partial charge < -0.3 is 5.73 Å². The zero-order chi connectivity index (χ0) is 13.2. The van der Waals surface area contributed by atoms with Crippen LogP contribution in [-0.2, 0) is 12.7 Å². The second-order valence-corrected chi connectivity index (χ2v) is 4.84. The molecule has 1 fully saturated rings. The molecule has 0 aromatic heterocycles. The second kappa shape index (κ2) is 5.28. The number of benzene rings is 1. The van der Waals surface area contributed by atoms with Crippen LogP contribution in [0.2, 0.25) is 0 Å². The number of hydrogen-bond acceptors (Lipinski definition) is 2. The van der Waals surface area contributed by atoms with E-state index in [1.165, 1.54) is 12.1 Å². The minimum absolute atomic E-state index is 0.143. The Hall–Kier alpha value is -1.07. The van der Waals surface area contributed by atoms with Crippen molar-refractivity contribution < 1.29 is 13.2 Å². The summed E-state index contributed by atoms with van der Waals surface area (Å²) in [6, 6.07) is 5.66. The lowest BCUT2D eigenvalue weighted by atomic mass is 10.0. The molecule has 1 aromatic carbocycles. The summed E-state index contributed by atoms with van der Waals surface area (Å²) in [5, 5.41) is 0. The molecule has 100 valence electrons. The minimum atomic E-state index is -4.27. The number of piperidine rings is 1. The van der Waals surface area contributed by atoms with Crippen LogP contribution in [0, 0.1) is 0 Å². The summed E-state index contributed by atoms with van der Waals surface area (Å²) >= 11 is 0. The number of nitrogens with two attached hydrogens (primary N) is 1. The van der Waals surface area contributed by atoms with Gasteiger partial charge in [0.2, 0.25) is 0 Å². The van der Waals surface area contributed by atoms with Crippen molar-refractivity contribution in [1.29, 1.82) is 0 Å². The highest BCUT2D eigenvalue weighted by molar-refractivity contribution is 5.25. The fourth-order valence-corrected chi connectivity index (χ4v) is 2.34. The molecule has 1 atom stereocenters. The molecular weight excluding hydrogens is 241 g/mol. The van der Waals surface area contributed by atoms with Crippen LogP contribution in [0.3, 0.4) is 0 Å². The van der Waals surface area contributed by atoms with E-state index in [0.29, 0.717) is 12.1 Å². The van der Waals surface area contributed by atoms with Crippen LogP contribution >= 0.6 is 0 Å². The first kappa shape index (κ1) is 13.4. The summed E-state index contributed by atoms with van der Waals surface area (Å²) in [4.78, 5) is 2.11. The Bertz CT molecular complexity index is 403. The van der Waals surface area contributed by atoms with E-state index in [4.69, 9.17) is 5.73 Å². The van der Waals surface area contributed by atoms with Gasteiger partial charge in [0, 0.05) is 19.1 Å². The van der Waals surface area contributed by atoms with Crippen LogP contribution in [-0.4, -0.2) is 24.0 Å². The normalized spacial score (nSPS) is 22.1. The lowest BCUT2D eigenvalue weighted by Crippen LogP contribution is -2.42. The van der Waals surface area contributed by atoms with Gasteiger partial charge in [0.25, 0.3) is 0 Å². The van der Waals surface area contributed by atoms with E-state index in [2.05, 4.69) is 4.90 Å². The quantitative estimate of drug-likeness (QED) is 0.883. The number of alkyl halides is 3. The van der Waals surface area contributed by atoms with Crippen LogP contribution in [0.4, 0.5) is 13.2 Å². The van der Waals surface area contributed by atoms with Crippen molar-refractivity contribution in [3.05, 3.63) is 35.4 Å². The van der Waals surface area contributed by atoms with Crippen LogP contribution in [0.15, 0.2) is 24.3 Å². The smallest absolute Gasteiger partial charge is 0.327 e. The van der Waals surface area contributed by atoms with Gasteiger partial charge in [-0.3, -0.25) is 4.90 Å². The maximum atomic E-state index is 12.6. The van der Waals surface area contributed by atoms with Crippen molar-refractivity contribution in [2.45, 2.75) is 31.6 Å². The molecule has 2 N–H and O–H groups in total. The van der Waals surface area contributed by atoms with Gasteiger partial charge in [0.1, 0.15) is 0 Å². The first-order chi connectivity index (χ1) is 8.45. The predicted molar refractivity (Wildman–Crippen MR) is 63.9 cm³/mol. The van der Waals surface area contributed by atoms with Gasteiger partial charge in [-0.25, -0.2) is 0 Å². The maximum Gasteiger partial charge on any atom is 0.416 e. The summed E-state index contributed by atoms with van der Waals surface area (Å²) < 4.78 is 37.7. The Morgan fingerprint density at radius 1 is 1.33 bits per heavy atom. The van der Waals surface area contributed by atoms with Crippen molar-refractivity contribution in [3.8, 4) is 0 Å². The monoisotopic (exact) mass is 258 g/mol. The molecule has 2 nitrogen and oxygen atoms in total. The topological polar surface area (TPSA) is 29.3 Å². The van der Waals surface area contributed by atoms with Crippen LogP contribution < -0.4 is 5.73 Å². The molecule has 0 saturated carbocycles. The molecule has 1 aromatic rings. The largest absolute Gasteiger partial charge is 0.416 e. The Morgan fingerprint density at radius 2 is 2.11 bits per heavy atom. The zero-order valence-electron chi connectivity index (χ0n) is 10.1. The molecule has 1 heterocycles. The lowest BCUT2D eigenvalue weighted by molar-refractivity contribution is -0.137. The molecule has 0 spiro atoms. The van der Waals surface area contributed by atoms with E-state index < -0.39 is 11.7 Å². The molecule has 2 rings (SSSR count). The Kier molecular flexibility index (Phi) is 3.92. The van der Waals surface area contributed by atoms with Crippen molar-refractivity contribution in [2.24, 2.45) is 5.73 Å². The molecule has 0 amide bonds. The summed E-state index contributed by atoms with van der Waals surface area (Å²) in [6.45, 7) is 2.21. The van der Waals surface area contributed by atoms with Crippen molar-refractivity contribution in [3.63, 3.8) is 0 Å². The highest BCUT2D eigenvalue weighted by atomic mass is 19.4. The number of halogens is 3. The molecule has 5 heteroatoms. The van der Waals surface area contributed by atoms with E-state index >= 15 is 0 Å². The number of likely N-dealkylation sites (tertiary alicyclic amines) is 1. The fraction of sp³-hybridized carbons (Fsp3) is 0.538. The fourth-order valence-electron chi connectivity index (χ4n) is 2.34. The third-order valence-corrected chi connectivity index (χ3v) is 3.20. The average Bonchev–Trinajstić information content (AvgIpc) is 2.28. The van der Waals surface area contributed by atoms with Gasteiger partial charge in [-0.15, -0.1) is 0 Å². The highest BCUT2D eigenvalue weighted by Gasteiger charge is 2.30. The first-order valence-corrected chi connectivity index (χ1v) is 6.09. The molecular formula is C13H17F3N2. The maximum absolute atomic E-state index is 12.6. The number of nitrogens with zero attached hydrogens (tertiary/aromatic N) is 1. The van der Waals surface area contributed by atoms with Gasteiger partial charge in [-0.05, 0) is 31.0 Å². The van der Waals surface area contributed by atoms with E-state index in [-0.39, 0.29) is 6.04 Å². The third-order valence-electron chi connectivity index (χ3n) is 3.20. The van der Waals surface area contributed by atoms with E-state index in [1.807, 2.05) is 0 Å². The van der Waals surface area contributed by atoms with Gasteiger partial charge in [0.05, 0.1) is 5.56 Å². The standard InChI is InChI=1S/C13H17F3N2/c14-13(15,16)11-4-1-3-10(7-11)8-18-6-2-5-12(17)9-18/h1,3-4,7,12H,2,5-6,8-9,17H2/t12-/m0/s1. The Balaban J connectivity index is 2.05. The molecule has 0 unspecified atom stereocenters. The molecule has 0 radical (unpaired) electrons. The Morgan fingerprint density at radius 3 is 2.78 bits per heavy atom. The summed E-state index contributed by atoms with van der Waals surface area (Å²) in [7, 11) is 0. The third kappa shape index (κ3) is 3.46. The van der Waals surface area contributed by atoms with Crippen LogP contribution in [0.1, 0.15) is 24.0 Å². The second-order valence-electron chi connectivity index (χ2n) is 4.84. The summed E-state index contributed by atoms with van der Waals surface area (Å²) in [5.74, 6) is 0. The molecule has 1 aliphatic heterocycles. The van der Waals surface area contributed by atoms with Gasteiger partial charge in [0.15, 0.2) is 0 Å². The van der Waals surface area contributed by atoms with Gasteiger partial charge in [-0.2, -0.15) is 13.2 Å².